The van der Waals surface area contributed by atoms with E-state index in [1.165, 1.54) is 17.8 Å². The fraction of sp³-hybridized carbons (Fsp3) is 0.474. The van der Waals surface area contributed by atoms with Gasteiger partial charge in [0.05, 0.1) is 10.7 Å². The molecule has 1 aliphatic heterocycles. The number of aryl methyl sites for hydroxylation is 1. The van der Waals surface area contributed by atoms with Gasteiger partial charge in [0.2, 0.25) is 0 Å². The molecule has 0 atom stereocenters. The van der Waals surface area contributed by atoms with E-state index >= 15 is 0 Å². The monoisotopic (exact) mass is 377 g/mol. The second-order valence-corrected chi connectivity index (χ2v) is 7.79. The Bertz CT molecular complexity index is 693. The maximum Gasteiger partial charge on any atom is 0.253 e. The molecule has 6 heteroatoms. The van der Waals surface area contributed by atoms with E-state index in [9.17, 15) is 4.79 Å². The lowest BCUT2D eigenvalue weighted by atomic mass is 10.2. The van der Waals surface area contributed by atoms with Crippen LogP contribution in [0.4, 0.5) is 0 Å². The lowest BCUT2D eigenvalue weighted by molar-refractivity contribution is 0.0627. The molecule has 1 fully saturated rings. The van der Waals surface area contributed by atoms with Crippen molar-refractivity contribution in [3.05, 3.63) is 50.9 Å². The minimum Gasteiger partial charge on any atom is -0.336 e. The molecule has 134 valence electrons. The first-order valence-corrected chi connectivity index (χ1v) is 10.1. The Hall–Kier alpha value is -1.43. The molecule has 1 aliphatic rings. The van der Waals surface area contributed by atoms with Crippen LogP contribution < -0.4 is 0 Å². The number of unbranched alkanes of at least 4 members (excludes halogenated alkanes) is 1. The fourth-order valence-electron chi connectivity index (χ4n) is 2.98. The van der Waals surface area contributed by atoms with Crippen LogP contribution in [0, 0.1) is 0 Å². The Morgan fingerprint density at radius 3 is 2.60 bits per heavy atom. The van der Waals surface area contributed by atoms with Crippen molar-refractivity contribution in [1.82, 2.24) is 14.8 Å². The molecule has 3 rings (SSSR count). The third-order valence-electron chi connectivity index (χ3n) is 4.48. The van der Waals surface area contributed by atoms with Gasteiger partial charge in [-0.1, -0.05) is 24.9 Å². The number of halogens is 1. The zero-order valence-electron chi connectivity index (χ0n) is 14.6. The maximum atomic E-state index is 12.5. The van der Waals surface area contributed by atoms with Crippen molar-refractivity contribution >= 4 is 28.8 Å². The molecule has 0 bridgehead atoms. The van der Waals surface area contributed by atoms with Crippen molar-refractivity contribution in [2.24, 2.45) is 0 Å². The molecule has 1 amide bonds. The number of carbonyl (C=O) groups is 1. The first-order chi connectivity index (χ1) is 12.2. The first kappa shape index (κ1) is 18.4. The molecule has 25 heavy (non-hydrogen) atoms. The van der Waals surface area contributed by atoms with Gasteiger partial charge in [-0.25, -0.2) is 4.98 Å². The predicted octanol–water partition coefficient (Wildman–Crippen LogP) is 4.10. The largest absolute Gasteiger partial charge is 0.336 e. The van der Waals surface area contributed by atoms with E-state index in [1.54, 1.807) is 35.6 Å². The Morgan fingerprint density at radius 2 is 1.92 bits per heavy atom. The molecule has 0 saturated carbocycles. The Balaban J connectivity index is 1.49. The molecule has 0 unspecified atom stereocenters. The third kappa shape index (κ3) is 5.03. The van der Waals surface area contributed by atoms with Crippen LogP contribution in [0.15, 0.2) is 29.6 Å². The van der Waals surface area contributed by atoms with E-state index < -0.39 is 0 Å². The summed E-state index contributed by atoms with van der Waals surface area (Å²) in [5, 5.41) is 4.08. The number of hydrogen-bond donors (Lipinski definition) is 0. The van der Waals surface area contributed by atoms with E-state index in [2.05, 4.69) is 17.2 Å². The molecule has 1 saturated heterocycles. The van der Waals surface area contributed by atoms with E-state index in [0.29, 0.717) is 10.6 Å². The van der Waals surface area contributed by atoms with Crippen molar-refractivity contribution < 1.29 is 4.79 Å². The van der Waals surface area contributed by atoms with Crippen LogP contribution in [0.5, 0.6) is 0 Å². The van der Waals surface area contributed by atoms with Gasteiger partial charge in [-0.15, -0.1) is 11.3 Å². The van der Waals surface area contributed by atoms with Gasteiger partial charge in [0, 0.05) is 48.7 Å². The van der Waals surface area contributed by atoms with Gasteiger partial charge in [0.15, 0.2) is 0 Å². The van der Waals surface area contributed by atoms with Gasteiger partial charge < -0.3 is 4.90 Å². The number of hydrogen-bond acceptors (Lipinski definition) is 4. The number of aromatic nitrogens is 1. The Morgan fingerprint density at radius 1 is 1.20 bits per heavy atom. The summed E-state index contributed by atoms with van der Waals surface area (Å²) in [4.78, 5) is 21.6. The molecule has 0 N–H and O–H groups in total. The molecule has 2 aromatic rings. The zero-order valence-corrected chi connectivity index (χ0v) is 16.2. The fourth-order valence-corrected chi connectivity index (χ4v) is 3.94. The first-order valence-electron chi connectivity index (χ1n) is 8.86. The van der Waals surface area contributed by atoms with Crippen LogP contribution in [-0.2, 0) is 13.0 Å². The van der Waals surface area contributed by atoms with E-state index in [-0.39, 0.29) is 5.91 Å². The number of nitrogens with zero attached hydrogens (tertiary/aromatic N) is 3. The number of thiazole rings is 1. The lowest BCUT2D eigenvalue weighted by Crippen LogP contribution is -2.48. The van der Waals surface area contributed by atoms with Crippen molar-refractivity contribution in [3.8, 4) is 0 Å². The van der Waals surface area contributed by atoms with Gasteiger partial charge in [-0.3, -0.25) is 9.69 Å². The van der Waals surface area contributed by atoms with Crippen LogP contribution in [-0.4, -0.2) is 46.9 Å². The topological polar surface area (TPSA) is 36.4 Å². The highest BCUT2D eigenvalue weighted by Gasteiger charge is 2.22. The number of carbonyl (C=O) groups excluding carboxylic acids is 1. The number of piperazine rings is 1. The quantitative estimate of drug-likeness (QED) is 0.760. The summed E-state index contributed by atoms with van der Waals surface area (Å²) in [7, 11) is 0. The maximum absolute atomic E-state index is 12.5. The normalized spacial score (nSPS) is 15.5. The van der Waals surface area contributed by atoms with Crippen molar-refractivity contribution in [1.29, 1.82) is 0 Å². The highest BCUT2D eigenvalue weighted by molar-refractivity contribution is 7.09. The van der Waals surface area contributed by atoms with Crippen LogP contribution in [0.2, 0.25) is 5.02 Å². The minimum absolute atomic E-state index is 0.0897. The Kier molecular flexibility index (Phi) is 6.45. The molecular formula is C19H24ClN3OS. The number of amides is 1. The standard InChI is InChI=1S/C19H24ClN3OS/c1-2-3-4-18-21-17(14-25-18)13-22-9-11-23(12-10-22)19(24)15-5-7-16(20)8-6-15/h5-8,14H,2-4,9-13H2,1H3. The third-order valence-corrected chi connectivity index (χ3v) is 5.69. The second kappa shape index (κ2) is 8.79. The van der Waals surface area contributed by atoms with Gasteiger partial charge in [-0.2, -0.15) is 0 Å². The van der Waals surface area contributed by atoms with Crippen LogP contribution >= 0.6 is 22.9 Å². The molecule has 1 aromatic carbocycles. The summed E-state index contributed by atoms with van der Waals surface area (Å²) in [6, 6.07) is 7.13. The second-order valence-electron chi connectivity index (χ2n) is 6.41. The lowest BCUT2D eigenvalue weighted by Gasteiger charge is -2.34. The molecular weight excluding hydrogens is 354 g/mol. The molecule has 0 aliphatic carbocycles. The average molecular weight is 378 g/mol. The molecule has 2 heterocycles. The summed E-state index contributed by atoms with van der Waals surface area (Å²) < 4.78 is 0. The van der Waals surface area contributed by atoms with Crippen LogP contribution in [0.3, 0.4) is 0 Å². The summed E-state index contributed by atoms with van der Waals surface area (Å²) in [6.45, 7) is 6.38. The van der Waals surface area contributed by atoms with Gasteiger partial charge >= 0.3 is 0 Å². The van der Waals surface area contributed by atoms with Crippen LogP contribution in [0.25, 0.3) is 0 Å². The van der Waals surface area contributed by atoms with Gasteiger partial charge in [0.1, 0.15) is 0 Å². The summed E-state index contributed by atoms with van der Waals surface area (Å²) in [5.74, 6) is 0.0897. The van der Waals surface area contributed by atoms with Crippen LogP contribution in [0.1, 0.15) is 40.8 Å². The minimum atomic E-state index is 0.0897. The van der Waals surface area contributed by atoms with Gasteiger partial charge in [-0.05, 0) is 37.1 Å². The summed E-state index contributed by atoms with van der Waals surface area (Å²) in [6.07, 6.45) is 3.50. The van der Waals surface area contributed by atoms with Gasteiger partial charge in [0.25, 0.3) is 5.91 Å². The Labute approximate surface area is 158 Å². The van der Waals surface area contributed by atoms with Crippen molar-refractivity contribution in [2.45, 2.75) is 32.7 Å². The SMILES string of the molecule is CCCCc1nc(CN2CCN(C(=O)c3ccc(Cl)cc3)CC2)cs1. The predicted molar refractivity (Wildman–Crippen MR) is 103 cm³/mol. The molecule has 0 spiro atoms. The number of benzene rings is 1. The highest BCUT2D eigenvalue weighted by atomic mass is 35.5. The van der Waals surface area contributed by atoms with E-state index in [4.69, 9.17) is 16.6 Å². The van der Waals surface area contributed by atoms with E-state index in [1.807, 2.05) is 4.90 Å². The molecule has 1 aromatic heterocycles. The molecule has 0 radical (unpaired) electrons. The van der Waals surface area contributed by atoms with Crippen molar-refractivity contribution in [2.75, 3.05) is 26.2 Å². The van der Waals surface area contributed by atoms with E-state index in [0.717, 1.165) is 44.8 Å². The average Bonchev–Trinajstić information content (AvgIpc) is 3.08. The molecule has 4 nitrogen and oxygen atoms in total. The highest BCUT2D eigenvalue weighted by Crippen LogP contribution is 2.17. The zero-order chi connectivity index (χ0) is 17.6. The number of rotatable bonds is 6. The summed E-state index contributed by atoms with van der Waals surface area (Å²) in [5.41, 5.74) is 1.87. The van der Waals surface area contributed by atoms with Crippen molar-refractivity contribution in [3.63, 3.8) is 0 Å². The smallest absolute Gasteiger partial charge is 0.253 e. The summed E-state index contributed by atoms with van der Waals surface area (Å²) >= 11 is 7.66.